The van der Waals surface area contributed by atoms with Gasteiger partial charge in [0.15, 0.2) is 5.82 Å². The normalized spacial score (nSPS) is 19.8. The molecule has 0 bridgehead atoms. The quantitative estimate of drug-likeness (QED) is 0.832. The highest BCUT2D eigenvalue weighted by Crippen LogP contribution is 2.26. The van der Waals surface area contributed by atoms with Crippen LogP contribution in [0.1, 0.15) is 6.42 Å². The molecule has 8 heteroatoms. The van der Waals surface area contributed by atoms with Gasteiger partial charge in [0.05, 0.1) is 5.69 Å². The van der Waals surface area contributed by atoms with Crippen molar-refractivity contribution >= 4 is 39.1 Å². The highest BCUT2D eigenvalue weighted by Gasteiger charge is 2.24. The molecule has 1 aliphatic heterocycles. The second-order valence-corrected chi connectivity index (χ2v) is 7.71. The monoisotopic (exact) mass is 324 g/mol. The maximum absolute atomic E-state index is 13.8. The van der Waals surface area contributed by atoms with E-state index in [0.717, 1.165) is 24.0 Å². The second-order valence-electron chi connectivity index (χ2n) is 4.39. The van der Waals surface area contributed by atoms with Gasteiger partial charge in [-0.2, -0.15) is 11.8 Å². The first kappa shape index (κ1) is 14.9. The zero-order valence-corrected chi connectivity index (χ0v) is 12.4. The van der Waals surface area contributed by atoms with Crippen LogP contribution in [0, 0.1) is 11.7 Å². The Morgan fingerprint density at radius 3 is 2.89 bits per heavy atom. The Morgan fingerprint density at radius 2 is 2.26 bits per heavy atom. The fourth-order valence-electron chi connectivity index (χ4n) is 1.83. The van der Waals surface area contributed by atoms with E-state index in [1.54, 1.807) is 11.8 Å². The Hall–Kier alpha value is -0.500. The van der Waals surface area contributed by atoms with E-state index in [1.165, 1.54) is 6.07 Å². The van der Waals surface area contributed by atoms with Crippen molar-refractivity contribution in [1.29, 1.82) is 0 Å². The van der Waals surface area contributed by atoms with E-state index in [2.05, 4.69) is 4.72 Å². The largest absolute Gasteiger partial charge is 0.396 e. The number of benzene rings is 1. The fraction of sp³-hybridized carbons (Fsp3) is 0.455. The van der Waals surface area contributed by atoms with Gasteiger partial charge in [-0.05, 0) is 36.0 Å². The van der Waals surface area contributed by atoms with E-state index in [0.29, 0.717) is 12.5 Å². The molecule has 1 aromatic carbocycles. The van der Waals surface area contributed by atoms with Gasteiger partial charge >= 0.3 is 0 Å². The second kappa shape index (κ2) is 5.87. The van der Waals surface area contributed by atoms with E-state index in [1.807, 2.05) is 0 Å². The maximum Gasteiger partial charge on any atom is 0.243 e. The molecule has 1 aromatic rings. The molecule has 0 aromatic heterocycles. The van der Waals surface area contributed by atoms with Crippen LogP contribution >= 0.6 is 23.4 Å². The zero-order chi connectivity index (χ0) is 14.0. The summed E-state index contributed by atoms with van der Waals surface area (Å²) in [4.78, 5) is -0.497. The number of hydrogen-bond donors (Lipinski definition) is 2. The predicted molar refractivity (Wildman–Crippen MR) is 76.4 cm³/mol. The average Bonchev–Trinajstić information content (AvgIpc) is 2.84. The van der Waals surface area contributed by atoms with Crippen LogP contribution in [0.25, 0.3) is 0 Å². The molecular formula is C11H14ClFN2O2S2. The summed E-state index contributed by atoms with van der Waals surface area (Å²) < 4.78 is 40.3. The third kappa shape index (κ3) is 3.53. The number of hydrogen-bond acceptors (Lipinski definition) is 4. The number of thioether (sulfide) groups is 1. The van der Waals surface area contributed by atoms with E-state index < -0.39 is 20.7 Å². The maximum atomic E-state index is 13.8. The van der Waals surface area contributed by atoms with Crippen LogP contribution in [0.5, 0.6) is 0 Å². The lowest BCUT2D eigenvalue weighted by molar-refractivity contribution is 0.535. The van der Waals surface area contributed by atoms with Crippen LogP contribution in [0.3, 0.4) is 0 Å². The Labute approximate surface area is 120 Å². The topological polar surface area (TPSA) is 72.2 Å². The fourth-order valence-corrected chi connectivity index (χ4v) is 4.65. The molecule has 0 radical (unpaired) electrons. The highest BCUT2D eigenvalue weighted by molar-refractivity contribution is 7.99. The molecule has 1 unspecified atom stereocenters. The lowest BCUT2D eigenvalue weighted by atomic mass is 10.1. The van der Waals surface area contributed by atoms with Gasteiger partial charge in [-0.3, -0.25) is 0 Å². The molecule has 0 aliphatic carbocycles. The lowest BCUT2D eigenvalue weighted by Crippen LogP contribution is -2.30. The molecule has 0 amide bonds. The number of anilines is 1. The number of nitrogen functional groups attached to an aromatic ring is 1. The Bertz CT molecular complexity index is 574. The van der Waals surface area contributed by atoms with Gasteiger partial charge in [0, 0.05) is 11.6 Å². The third-order valence-electron chi connectivity index (χ3n) is 2.91. The summed E-state index contributed by atoms with van der Waals surface area (Å²) >= 11 is 7.50. The van der Waals surface area contributed by atoms with Crippen LogP contribution in [0.15, 0.2) is 17.0 Å². The number of rotatable bonds is 4. The molecule has 1 heterocycles. The average molecular weight is 325 g/mol. The summed E-state index contributed by atoms with van der Waals surface area (Å²) in [6, 6.07) is 2.25. The third-order valence-corrected chi connectivity index (χ3v) is 5.78. The first-order chi connectivity index (χ1) is 8.90. The minimum absolute atomic E-state index is 0.0932. The first-order valence-corrected chi connectivity index (χ1v) is 8.73. The minimum atomic E-state index is -3.92. The molecule has 106 valence electrons. The van der Waals surface area contributed by atoms with Crippen LogP contribution in [0.2, 0.25) is 5.02 Å². The van der Waals surface area contributed by atoms with Crippen molar-refractivity contribution in [1.82, 2.24) is 4.72 Å². The Balaban J connectivity index is 2.19. The minimum Gasteiger partial charge on any atom is -0.396 e. The van der Waals surface area contributed by atoms with Gasteiger partial charge in [0.25, 0.3) is 0 Å². The molecular weight excluding hydrogens is 311 g/mol. The van der Waals surface area contributed by atoms with Gasteiger partial charge in [-0.15, -0.1) is 0 Å². The molecule has 1 atom stereocenters. The number of nitrogens with two attached hydrogens (primary N) is 1. The first-order valence-electron chi connectivity index (χ1n) is 5.72. The van der Waals surface area contributed by atoms with Crippen LogP contribution in [-0.4, -0.2) is 26.5 Å². The SMILES string of the molecule is Nc1cc(Cl)cc(S(=O)(=O)NCC2CCSC2)c1F. The number of halogens is 2. The molecule has 3 N–H and O–H groups in total. The summed E-state index contributed by atoms with van der Waals surface area (Å²) in [5, 5.41) is 0.0932. The molecule has 2 rings (SSSR count). The van der Waals surface area contributed by atoms with Crippen molar-refractivity contribution in [3.05, 3.63) is 23.0 Å². The van der Waals surface area contributed by atoms with E-state index >= 15 is 0 Å². The van der Waals surface area contributed by atoms with Crippen molar-refractivity contribution in [2.24, 2.45) is 5.92 Å². The van der Waals surface area contributed by atoms with E-state index in [4.69, 9.17) is 17.3 Å². The van der Waals surface area contributed by atoms with Crippen molar-refractivity contribution in [3.8, 4) is 0 Å². The van der Waals surface area contributed by atoms with Gasteiger partial charge in [-0.25, -0.2) is 17.5 Å². The summed E-state index contributed by atoms with van der Waals surface area (Å²) in [6.07, 6.45) is 0.966. The molecule has 4 nitrogen and oxygen atoms in total. The van der Waals surface area contributed by atoms with Crippen molar-refractivity contribution in [2.45, 2.75) is 11.3 Å². The summed E-state index contributed by atoms with van der Waals surface area (Å²) in [5.41, 5.74) is 5.11. The zero-order valence-electron chi connectivity index (χ0n) is 10.0. The lowest BCUT2D eigenvalue weighted by Gasteiger charge is -2.12. The Kier molecular flexibility index (Phi) is 4.60. The van der Waals surface area contributed by atoms with Gasteiger partial charge in [0.2, 0.25) is 10.0 Å². The van der Waals surface area contributed by atoms with Crippen molar-refractivity contribution in [2.75, 3.05) is 23.8 Å². The molecule has 0 saturated carbocycles. The van der Waals surface area contributed by atoms with Gasteiger partial charge < -0.3 is 5.73 Å². The standard InChI is InChI=1S/C11H14ClFN2O2S2/c12-8-3-9(14)11(13)10(4-8)19(16,17)15-5-7-1-2-18-6-7/h3-4,7,15H,1-2,5-6,14H2. The van der Waals surface area contributed by atoms with Crippen molar-refractivity contribution < 1.29 is 12.8 Å². The molecule has 1 aliphatic rings. The summed E-state index contributed by atoms with van der Waals surface area (Å²) in [6.45, 7) is 0.307. The predicted octanol–water partition coefficient (Wildman–Crippen LogP) is 2.09. The van der Waals surface area contributed by atoms with Crippen LogP contribution in [-0.2, 0) is 10.0 Å². The molecule has 19 heavy (non-hydrogen) atoms. The molecule has 1 fully saturated rings. The number of nitrogens with one attached hydrogen (secondary N) is 1. The molecule has 1 saturated heterocycles. The Morgan fingerprint density at radius 1 is 1.53 bits per heavy atom. The van der Waals surface area contributed by atoms with Gasteiger partial charge in [-0.1, -0.05) is 11.6 Å². The molecule has 0 spiro atoms. The van der Waals surface area contributed by atoms with Gasteiger partial charge in [0.1, 0.15) is 4.90 Å². The summed E-state index contributed by atoms with van der Waals surface area (Å²) in [7, 11) is -3.92. The van der Waals surface area contributed by atoms with Crippen LogP contribution < -0.4 is 10.5 Å². The number of sulfonamides is 1. The van der Waals surface area contributed by atoms with E-state index in [9.17, 15) is 12.8 Å². The smallest absolute Gasteiger partial charge is 0.243 e. The van der Waals surface area contributed by atoms with Crippen LogP contribution in [0.4, 0.5) is 10.1 Å². The summed E-state index contributed by atoms with van der Waals surface area (Å²) in [5.74, 6) is 1.28. The highest BCUT2D eigenvalue weighted by atomic mass is 35.5. The van der Waals surface area contributed by atoms with E-state index in [-0.39, 0.29) is 10.7 Å². The van der Waals surface area contributed by atoms with Crippen molar-refractivity contribution in [3.63, 3.8) is 0 Å².